The Balaban J connectivity index is 1.94. The van der Waals surface area contributed by atoms with E-state index in [4.69, 9.17) is 10.5 Å². The summed E-state index contributed by atoms with van der Waals surface area (Å²) in [4.78, 5) is 0. The molecule has 0 aliphatic carbocycles. The molecule has 0 spiro atoms. The first kappa shape index (κ1) is 18.0. The second-order valence-electron chi connectivity index (χ2n) is 6.32. The van der Waals surface area contributed by atoms with Crippen molar-refractivity contribution in [1.82, 2.24) is 5.32 Å². The highest BCUT2D eigenvalue weighted by molar-refractivity contribution is 5.45. The van der Waals surface area contributed by atoms with E-state index in [0.29, 0.717) is 5.69 Å². The van der Waals surface area contributed by atoms with Gasteiger partial charge in [0.25, 0.3) is 0 Å². The van der Waals surface area contributed by atoms with E-state index in [2.05, 4.69) is 5.32 Å². The molecular weight excluding hydrogens is 327 g/mol. The lowest BCUT2D eigenvalue weighted by Gasteiger charge is -2.25. The van der Waals surface area contributed by atoms with Gasteiger partial charge in [-0.2, -0.15) is 0 Å². The Labute approximate surface area is 153 Å². The van der Waals surface area contributed by atoms with Crippen LogP contribution in [0.3, 0.4) is 0 Å². The van der Waals surface area contributed by atoms with E-state index in [1.807, 2.05) is 61.5 Å². The average Bonchev–Trinajstić information content (AvgIpc) is 2.66. The molecule has 26 heavy (non-hydrogen) atoms. The largest absolute Gasteiger partial charge is 0.497 e. The van der Waals surface area contributed by atoms with Gasteiger partial charge in [-0.3, -0.25) is 5.32 Å². The molecule has 0 aliphatic rings. The van der Waals surface area contributed by atoms with Crippen LogP contribution in [0.4, 0.5) is 10.1 Å². The maximum atomic E-state index is 13.6. The van der Waals surface area contributed by atoms with Gasteiger partial charge < -0.3 is 10.5 Å². The van der Waals surface area contributed by atoms with E-state index in [9.17, 15) is 4.39 Å². The summed E-state index contributed by atoms with van der Waals surface area (Å²) in [5, 5.41) is 3.59. The average molecular weight is 350 g/mol. The first-order valence-corrected chi connectivity index (χ1v) is 8.57. The smallest absolute Gasteiger partial charge is 0.123 e. The molecule has 0 heterocycles. The molecule has 0 aliphatic heterocycles. The number of halogens is 1. The van der Waals surface area contributed by atoms with Crippen LogP contribution >= 0.6 is 0 Å². The molecule has 3 aromatic rings. The summed E-state index contributed by atoms with van der Waals surface area (Å²) in [6.07, 6.45) is 0. The summed E-state index contributed by atoms with van der Waals surface area (Å²) in [5.74, 6) is 0.569. The van der Waals surface area contributed by atoms with Crippen LogP contribution in [0, 0.1) is 5.82 Å². The van der Waals surface area contributed by atoms with Gasteiger partial charge >= 0.3 is 0 Å². The molecule has 0 saturated heterocycles. The van der Waals surface area contributed by atoms with Gasteiger partial charge in [-0.05, 0) is 60.0 Å². The standard InChI is InChI=1S/C22H23FN2O/c1-15(17-5-3-7-19(23)13-17)25-22(18-6-4-8-20(24)14-18)16-9-11-21(26-2)12-10-16/h3-15,22,25H,24H2,1-2H3/t15-,22?/m1/s1. The monoisotopic (exact) mass is 350 g/mol. The first-order valence-electron chi connectivity index (χ1n) is 8.57. The highest BCUT2D eigenvalue weighted by atomic mass is 19.1. The Kier molecular flexibility index (Phi) is 5.54. The Bertz CT molecular complexity index is 864. The molecule has 0 saturated carbocycles. The van der Waals surface area contributed by atoms with E-state index < -0.39 is 0 Å². The van der Waals surface area contributed by atoms with E-state index >= 15 is 0 Å². The summed E-state index contributed by atoms with van der Waals surface area (Å²) in [5.41, 5.74) is 9.73. The molecule has 0 bridgehead atoms. The van der Waals surface area contributed by atoms with Crippen LogP contribution in [-0.2, 0) is 0 Å². The maximum Gasteiger partial charge on any atom is 0.123 e. The van der Waals surface area contributed by atoms with Crippen LogP contribution in [0.5, 0.6) is 5.75 Å². The van der Waals surface area contributed by atoms with Crippen molar-refractivity contribution in [2.75, 3.05) is 12.8 Å². The van der Waals surface area contributed by atoms with Gasteiger partial charge in [-0.25, -0.2) is 4.39 Å². The zero-order valence-corrected chi connectivity index (χ0v) is 14.9. The van der Waals surface area contributed by atoms with Crippen molar-refractivity contribution in [3.8, 4) is 5.75 Å². The topological polar surface area (TPSA) is 47.3 Å². The molecule has 0 radical (unpaired) electrons. The molecule has 1 unspecified atom stereocenters. The Morgan fingerprint density at radius 2 is 1.58 bits per heavy atom. The third kappa shape index (κ3) is 4.21. The molecule has 0 aromatic heterocycles. The number of ether oxygens (including phenoxy) is 1. The number of methoxy groups -OCH3 is 1. The van der Waals surface area contributed by atoms with Crippen LogP contribution in [0.15, 0.2) is 72.8 Å². The number of rotatable bonds is 6. The molecule has 3 aromatic carbocycles. The molecule has 2 atom stereocenters. The number of benzene rings is 3. The fourth-order valence-electron chi connectivity index (χ4n) is 3.04. The van der Waals surface area contributed by atoms with Crippen molar-refractivity contribution in [1.29, 1.82) is 0 Å². The zero-order chi connectivity index (χ0) is 18.5. The molecular formula is C22H23FN2O. The molecule has 134 valence electrons. The van der Waals surface area contributed by atoms with E-state index in [1.54, 1.807) is 19.2 Å². The third-order valence-electron chi connectivity index (χ3n) is 4.46. The summed E-state index contributed by atoms with van der Waals surface area (Å²) < 4.78 is 18.8. The SMILES string of the molecule is COc1ccc(C(N[C@H](C)c2cccc(F)c2)c2cccc(N)c2)cc1. The minimum atomic E-state index is -0.235. The quantitative estimate of drug-likeness (QED) is 0.624. The number of hydrogen-bond donors (Lipinski definition) is 2. The van der Waals surface area contributed by atoms with Crippen LogP contribution in [0.1, 0.15) is 35.7 Å². The number of nitrogens with two attached hydrogens (primary N) is 1. The Morgan fingerprint density at radius 3 is 2.23 bits per heavy atom. The first-order chi connectivity index (χ1) is 12.6. The summed E-state index contributed by atoms with van der Waals surface area (Å²) in [7, 11) is 1.65. The summed E-state index contributed by atoms with van der Waals surface area (Å²) in [6.45, 7) is 2.03. The molecule has 3 nitrogen and oxygen atoms in total. The van der Waals surface area contributed by atoms with Crippen molar-refractivity contribution < 1.29 is 9.13 Å². The summed E-state index contributed by atoms with van der Waals surface area (Å²) in [6, 6.07) is 22.3. The van der Waals surface area contributed by atoms with Gasteiger partial charge in [0.2, 0.25) is 0 Å². The second-order valence-corrected chi connectivity index (χ2v) is 6.32. The van der Waals surface area contributed by atoms with Crippen molar-refractivity contribution in [2.24, 2.45) is 0 Å². The van der Waals surface area contributed by atoms with Gasteiger partial charge in [0.05, 0.1) is 13.2 Å². The zero-order valence-electron chi connectivity index (χ0n) is 14.9. The van der Waals surface area contributed by atoms with Gasteiger partial charge in [-0.15, -0.1) is 0 Å². The fraction of sp³-hybridized carbons (Fsp3) is 0.182. The Hall–Kier alpha value is -2.85. The second kappa shape index (κ2) is 8.02. The molecule has 4 heteroatoms. The Morgan fingerprint density at radius 1 is 0.885 bits per heavy atom. The molecule has 3 N–H and O–H groups in total. The highest BCUT2D eigenvalue weighted by Gasteiger charge is 2.18. The van der Waals surface area contributed by atoms with Crippen molar-refractivity contribution >= 4 is 5.69 Å². The minimum absolute atomic E-state index is 0.0424. The predicted octanol–water partition coefficient (Wildman–Crippen LogP) is 4.86. The number of hydrogen-bond acceptors (Lipinski definition) is 3. The molecule has 0 amide bonds. The van der Waals surface area contributed by atoms with Crippen molar-refractivity contribution in [3.05, 3.63) is 95.3 Å². The van der Waals surface area contributed by atoms with Crippen LogP contribution in [-0.4, -0.2) is 7.11 Å². The lowest BCUT2D eigenvalue weighted by Crippen LogP contribution is -2.25. The van der Waals surface area contributed by atoms with Crippen molar-refractivity contribution in [2.45, 2.75) is 19.0 Å². The molecule has 0 fully saturated rings. The van der Waals surface area contributed by atoms with E-state index in [-0.39, 0.29) is 17.9 Å². The van der Waals surface area contributed by atoms with E-state index in [1.165, 1.54) is 6.07 Å². The van der Waals surface area contributed by atoms with Crippen LogP contribution in [0.2, 0.25) is 0 Å². The minimum Gasteiger partial charge on any atom is -0.497 e. The normalized spacial score (nSPS) is 13.2. The van der Waals surface area contributed by atoms with Crippen LogP contribution < -0.4 is 15.8 Å². The predicted molar refractivity (Wildman–Crippen MR) is 104 cm³/mol. The van der Waals surface area contributed by atoms with Gasteiger partial charge in [0.1, 0.15) is 11.6 Å². The number of nitrogen functional groups attached to an aromatic ring is 1. The molecule has 3 rings (SSSR count). The van der Waals surface area contributed by atoms with Gasteiger partial charge in [0, 0.05) is 11.7 Å². The van der Waals surface area contributed by atoms with Crippen molar-refractivity contribution in [3.63, 3.8) is 0 Å². The number of nitrogens with one attached hydrogen (secondary N) is 1. The summed E-state index contributed by atoms with van der Waals surface area (Å²) >= 11 is 0. The highest BCUT2D eigenvalue weighted by Crippen LogP contribution is 2.28. The lowest BCUT2D eigenvalue weighted by atomic mass is 9.96. The lowest BCUT2D eigenvalue weighted by molar-refractivity contribution is 0.414. The maximum absolute atomic E-state index is 13.6. The van der Waals surface area contributed by atoms with Gasteiger partial charge in [-0.1, -0.05) is 36.4 Å². The van der Waals surface area contributed by atoms with Crippen LogP contribution in [0.25, 0.3) is 0 Å². The van der Waals surface area contributed by atoms with E-state index in [0.717, 1.165) is 22.4 Å². The third-order valence-corrected chi connectivity index (χ3v) is 4.46. The van der Waals surface area contributed by atoms with Gasteiger partial charge in [0.15, 0.2) is 0 Å². The number of anilines is 1. The fourth-order valence-corrected chi connectivity index (χ4v) is 3.04.